The van der Waals surface area contributed by atoms with Gasteiger partial charge in [0, 0.05) is 42.7 Å². The highest BCUT2D eigenvalue weighted by molar-refractivity contribution is 4.91. The fourth-order valence-corrected chi connectivity index (χ4v) is 1.31. The van der Waals surface area contributed by atoms with Crippen molar-refractivity contribution < 1.29 is 28.4 Å². The Morgan fingerprint density at radius 2 is 1.20 bits per heavy atom. The number of rotatable bonds is 8. The second kappa shape index (κ2) is 7.10. The van der Waals surface area contributed by atoms with Crippen molar-refractivity contribution >= 4 is 0 Å². The molecular weight excluding hydrogens is 204 g/mol. The zero-order valence-corrected chi connectivity index (χ0v) is 10.0. The van der Waals surface area contributed by atoms with Crippen LogP contribution < -0.4 is 0 Å². The van der Waals surface area contributed by atoms with Crippen LogP contribution >= 0.6 is 0 Å². The van der Waals surface area contributed by atoms with Gasteiger partial charge in [0.15, 0.2) is 0 Å². The molecule has 0 N–H and O–H groups in total. The summed E-state index contributed by atoms with van der Waals surface area (Å²) in [7, 11) is 8.68. The van der Waals surface area contributed by atoms with E-state index in [1.54, 1.807) is 0 Å². The number of hydrogen-bond acceptors (Lipinski definition) is 6. The largest absolute Gasteiger partial charge is 0.351 e. The van der Waals surface area contributed by atoms with Crippen LogP contribution in [0, 0.1) is 6.29 Å². The molecule has 0 saturated heterocycles. The van der Waals surface area contributed by atoms with E-state index in [4.69, 9.17) is 28.4 Å². The Bertz CT molecular complexity index is 137. The topological polar surface area (TPSA) is 55.4 Å². The van der Waals surface area contributed by atoms with E-state index in [1.807, 2.05) is 0 Å². The van der Waals surface area contributed by atoms with E-state index in [0.717, 1.165) is 0 Å². The molecule has 0 aromatic carbocycles. The maximum Gasteiger partial charge on any atom is 0.290 e. The van der Waals surface area contributed by atoms with Crippen LogP contribution in [0.25, 0.3) is 0 Å². The second-order valence-corrected chi connectivity index (χ2v) is 2.57. The Labute approximate surface area is 90.3 Å². The second-order valence-electron chi connectivity index (χ2n) is 2.57. The zero-order valence-electron chi connectivity index (χ0n) is 10.0. The molecule has 0 aliphatic heterocycles. The van der Waals surface area contributed by atoms with E-state index >= 15 is 0 Å². The summed E-state index contributed by atoms with van der Waals surface area (Å²) >= 11 is 0. The molecule has 0 unspecified atom stereocenters. The van der Waals surface area contributed by atoms with Gasteiger partial charge in [-0.25, -0.2) is 0 Å². The predicted molar refractivity (Wildman–Crippen MR) is 51.8 cm³/mol. The molecule has 0 fully saturated rings. The van der Waals surface area contributed by atoms with Gasteiger partial charge in [0.25, 0.3) is 12.1 Å². The molecule has 0 heterocycles. The summed E-state index contributed by atoms with van der Waals surface area (Å²) in [6.07, 6.45) is -0.691. The Hall–Kier alpha value is -0.240. The van der Waals surface area contributed by atoms with Gasteiger partial charge < -0.3 is 28.4 Å². The van der Waals surface area contributed by atoms with Crippen molar-refractivity contribution in [1.82, 2.24) is 0 Å². The highest BCUT2D eigenvalue weighted by Gasteiger charge is 2.51. The van der Waals surface area contributed by atoms with Gasteiger partial charge in [0.2, 0.25) is 6.29 Å². The Morgan fingerprint density at radius 1 is 0.800 bits per heavy atom. The number of ether oxygens (including phenoxy) is 6. The number of methoxy groups -OCH3 is 6. The minimum atomic E-state index is -1.35. The maximum absolute atomic E-state index is 5.22. The standard InChI is InChI=1S/C9H19O6/c1-10-7(11-2)9(14-5,15-6)8(12-3)13-4/h7H,1-6H3. The lowest BCUT2D eigenvalue weighted by Crippen LogP contribution is -2.54. The molecule has 0 amide bonds. The molecule has 0 saturated carbocycles. The fourth-order valence-electron chi connectivity index (χ4n) is 1.31. The lowest BCUT2D eigenvalue weighted by atomic mass is 10.2. The van der Waals surface area contributed by atoms with Gasteiger partial charge in [0.1, 0.15) is 0 Å². The highest BCUT2D eigenvalue weighted by atomic mass is 16.8. The van der Waals surface area contributed by atoms with Crippen molar-refractivity contribution in [2.75, 3.05) is 42.7 Å². The van der Waals surface area contributed by atoms with Gasteiger partial charge in [-0.3, -0.25) is 0 Å². The summed E-state index contributed by atoms with van der Waals surface area (Å²) in [5, 5.41) is 0. The summed E-state index contributed by atoms with van der Waals surface area (Å²) < 4.78 is 30.6. The van der Waals surface area contributed by atoms with Crippen LogP contribution in [0.2, 0.25) is 0 Å². The van der Waals surface area contributed by atoms with Gasteiger partial charge in [-0.05, 0) is 0 Å². The molecule has 0 spiro atoms. The normalized spacial score (nSPS) is 12.8. The molecule has 91 valence electrons. The molecule has 6 nitrogen and oxygen atoms in total. The van der Waals surface area contributed by atoms with Gasteiger partial charge in [0.05, 0.1) is 0 Å². The summed E-state index contributed by atoms with van der Waals surface area (Å²) in [5.41, 5.74) is 0. The van der Waals surface area contributed by atoms with E-state index in [-0.39, 0.29) is 6.29 Å². The molecule has 0 bridgehead atoms. The third-order valence-corrected chi connectivity index (χ3v) is 2.00. The Morgan fingerprint density at radius 3 is 1.40 bits per heavy atom. The van der Waals surface area contributed by atoms with Crippen LogP contribution in [0.1, 0.15) is 0 Å². The molecule has 0 aromatic rings. The minimum absolute atomic E-state index is 0.112. The Kier molecular flexibility index (Phi) is 6.99. The monoisotopic (exact) mass is 223 g/mol. The summed E-state index contributed by atoms with van der Waals surface area (Å²) in [6.45, 7) is 0. The third kappa shape index (κ3) is 2.87. The molecule has 0 aromatic heterocycles. The zero-order chi connectivity index (χ0) is 11.9. The summed E-state index contributed by atoms with van der Waals surface area (Å²) in [4.78, 5) is 0. The molecule has 0 aliphatic carbocycles. The summed E-state index contributed by atoms with van der Waals surface area (Å²) in [6, 6.07) is 0. The van der Waals surface area contributed by atoms with Crippen LogP contribution in [0.4, 0.5) is 0 Å². The van der Waals surface area contributed by atoms with Gasteiger partial charge in [-0.15, -0.1) is 0 Å². The van der Waals surface area contributed by atoms with Gasteiger partial charge >= 0.3 is 0 Å². The van der Waals surface area contributed by atoms with Crippen molar-refractivity contribution in [3.8, 4) is 0 Å². The van der Waals surface area contributed by atoms with Crippen LogP contribution in [0.15, 0.2) is 0 Å². The fraction of sp³-hybridized carbons (Fsp3) is 0.889. The van der Waals surface area contributed by atoms with Crippen LogP contribution in [0.3, 0.4) is 0 Å². The predicted octanol–water partition coefficient (Wildman–Crippen LogP) is 0.377. The van der Waals surface area contributed by atoms with Crippen LogP contribution in [-0.4, -0.2) is 54.7 Å². The van der Waals surface area contributed by atoms with E-state index in [9.17, 15) is 0 Å². The smallest absolute Gasteiger partial charge is 0.290 e. The quantitative estimate of drug-likeness (QED) is 0.554. The first-order valence-electron chi connectivity index (χ1n) is 4.28. The van der Waals surface area contributed by atoms with Crippen molar-refractivity contribution in [2.24, 2.45) is 0 Å². The van der Waals surface area contributed by atoms with Crippen LogP contribution in [-0.2, 0) is 28.4 Å². The average Bonchev–Trinajstić information content (AvgIpc) is 2.29. The van der Waals surface area contributed by atoms with Crippen molar-refractivity contribution in [3.63, 3.8) is 0 Å². The van der Waals surface area contributed by atoms with E-state index < -0.39 is 12.1 Å². The summed E-state index contributed by atoms with van der Waals surface area (Å²) in [5.74, 6) is -1.35. The first kappa shape index (κ1) is 14.8. The van der Waals surface area contributed by atoms with E-state index in [1.165, 1.54) is 42.7 Å². The van der Waals surface area contributed by atoms with Crippen molar-refractivity contribution in [1.29, 1.82) is 0 Å². The van der Waals surface area contributed by atoms with E-state index in [2.05, 4.69) is 0 Å². The maximum atomic E-state index is 5.22. The Balaban J connectivity index is 4.98. The highest BCUT2D eigenvalue weighted by Crippen LogP contribution is 2.31. The molecule has 0 aliphatic rings. The molecule has 0 rings (SSSR count). The first-order valence-corrected chi connectivity index (χ1v) is 4.28. The lowest BCUT2D eigenvalue weighted by molar-refractivity contribution is -0.359. The van der Waals surface area contributed by atoms with E-state index in [0.29, 0.717) is 0 Å². The van der Waals surface area contributed by atoms with Crippen molar-refractivity contribution in [2.45, 2.75) is 12.1 Å². The molecule has 6 heteroatoms. The minimum Gasteiger partial charge on any atom is -0.351 e. The van der Waals surface area contributed by atoms with Crippen molar-refractivity contribution in [3.05, 3.63) is 6.29 Å². The molecular formula is C9H19O6. The van der Waals surface area contributed by atoms with Gasteiger partial charge in [-0.2, -0.15) is 0 Å². The lowest BCUT2D eigenvalue weighted by Gasteiger charge is -2.38. The molecule has 15 heavy (non-hydrogen) atoms. The number of hydrogen-bond donors (Lipinski definition) is 0. The SMILES string of the molecule is CO[C](OC)C(OC)(OC)C(OC)OC. The molecule has 1 radical (unpaired) electrons. The average molecular weight is 223 g/mol. The third-order valence-electron chi connectivity index (χ3n) is 2.00. The van der Waals surface area contributed by atoms with Gasteiger partial charge in [-0.1, -0.05) is 0 Å². The first-order chi connectivity index (χ1) is 7.16. The van der Waals surface area contributed by atoms with Crippen LogP contribution in [0.5, 0.6) is 0 Å². The molecule has 0 atom stereocenters.